The van der Waals surface area contributed by atoms with E-state index in [1.165, 1.54) is 35.2 Å². The number of hydrogen-bond donors (Lipinski definition) is 1. The molecule has 3 rings (SSSR count). The summed E-state index contributed by atoms with van der Waals surface area (Å²) < 4.78 is 0. The summed E-state index contributed by atoms with van der Waals surface area (Å²) in [7, 11) is 2.10. The van der Waals surface area contributed by atoms with E-state index in [1.54, 1.807) is 0 Å². The molecule has 0 bridgehead atoms. The van der Waals surface area contributed by atoms with E-state index in [-0.39, 0.29) is 0 Å². The Balaban J connectivity index is 1.87. The molecule has 1 aliphatic rings. The van der Waals surface area contributed by atoms with Crippen LogP contribution in [0.2, 0.25) is 0 Å². The quantitative estimate of drug-likeness (QED) is 0.905. The van der Waals surface area contributed by atoms with Crippen molar-refractivity contribution in [2.24, 2.45) is 0 Å². The summed E-state index contributed by atoms with van der Waals surface area (Å²) in [6.45, 7) is 5.18. The number of aryl methyl sites for hydroxylation is 2. The Morgan fingerprint density at radius 2 is 2.05 bits per heavy atom. The van der Waals surface area contributed by atoms with Gasteiger partial charge in [0.2, 0.25) is 0 Å². The predicted octanol–water partition coefficient (Wildman–Crippen LogP) is 3.72. The van der Waals surface area contributed by atoms with Crippen LogP contribution in [0.25, 0.3) is 0 Å². The van der Waals surface area contributed by atoms with Crippen LogP contribution in [0.5, 0.6) is 0 Å². The summed E-state index contributed by atoms with van der Waals surface area (Å²) >= 11 is 0. The van der Waals surface area contributed by atoms with E-state index >= 15 is 0 Å². The molecule has 0 atom stereocenters. The van der Waals surface area contributed by atoms with Gasteiger partial charge in [-0.15, -0.1) is 0 Å². The molecule has 1 heterocycles. The SMILES string of the molecule is Cc1ccc(N(C)c2ncccc2CNC2CC2)c(C)c1. The van der Waals surface area contributed by atoms with Crippen molar-refractivity contribution in [1.82, 2.24) is 10.3 Å². The van der Waals surface area contributed by atoms with Crippen LogP contribution in [0.3, 0.4) is 0 Å². The van der Waals surface area contributed by atoms with Gasteiger partial charge in [-0.25, -0.2) is 4.98 Å². The van der Waals surface area contributed by atoms with Gasteiger partial charge in [-0.3, -0.25) is 0 Å². The van der Waals surface area contributed by atoms with E-state index in [4.69, 9.17) is 0 Å². The van der Waals surface area contributed by atoms with Crippen molar-refractivity contribution < 1.29 is 0 Å². The summed E-state index contributed by atoms with van der Waals surface area (Å²) in [6, 6.07) is 11.4. The Bertz CT molecular complexity index is 632. The fraction of sp³-hybridized carbons (Fsp3) is 0.389. The maximum absolute atomic E-state index is 4.60. The van der Waals surface area contributed by atoms with Crippen LogP contribution in [0, 0.1) is 13.8 Å². The minimum absolute atomic E-state index is 0.712. The Labute approximate surface area is 127 Å². The first-order chi connectivity index (χ1) is 10.1. The van der Waals surface area contributed by atoms with Crippen LogP contribution in [0.4, 0.5) is 11.5 Å². The van der Waals surface area contributed by atoms with Crippen LogP contribution in [-0.4, -0.2) is 18.1 Å². The lowest BCUT2D eigenvalue weighted by molar-refractivity contribution is 0.685. The Morgan fingerprint density at radius 3 is 2.76 bits per heavy atom. The third-order valence-electron chi connectivity index (χ3n) is 4.06. The van der Waals surface area contributed by atoms with Gasteiger partial charge in [-0.05, 0) is 44.4 Å². The van der Waals surface area contributed by atoms with Crippen molar-refractivity contribution in [3.63, 3.8) is 0 Å². The minimum Gasteiger partial charge on any atom is -0.329 e. The topological polar surface area (TPSA) is 28.2 Å². The average Bonchev–Trinajstić information content (AvgIpc) is 3.29. The summed E-state index contributed by atoms with van der Waals surface area (Å²) in [6.07, 6.45) is 4.49. The number of aromatic nitrogens is 1. The largest absolute Gasteiger partial charge is 0.329 e. The molecule has 0 saturated heterocycles. The fourth-order valence-electron chi connectivity index (χ4n) is 2.71. The molecular formula is C18H23N3. The molecule has 0 spiro atoms. The highest BCUT2D eigenvalue weighted by Crippen LogP contribution is 2.29. The lowest BCUT2D eigenvalue weighted by Gasteiger charge is -2.23. The summed E-state index contributed by atoms with van der Waals surface area (Å²) in [4.78, 5) is 6.80. The van der Waals surface area contributed by atoms with Crippen molar-refractivity contribution in [3.05, 3.63) is 53.2 Å². The molecule has 1 aliphatic carbocycles. The molecule has 110 valence electrons. The van der Waals surface area contributed by atoms with Gasteiger partial charge >= 0.3 is 0 Å². The molecule has 0 aliphatic heterocycles. The van der Waals surface area contributed by atoms with E-state index in [2.05, 4.69) is 60.4 Å². The van der Waals surface area contributed by atoms with Crippen LogP contribution in [0.15, 0.2) is 36.5 Å². The zero-order valence-electron chi connectivity index (χ0n) is 13.1. The number of hydrogen-bond acceptors (Lipinski definition) is 3. The molecule has 1 aromatic heterocycles. The van der Waals surface area contributed by atoms with Gasteiger partial charge in [0.05, 0.1) is 0 Å². The zero-order valence-corrected chi connectivity index (χ0v) is 13.1. The first-order valence-electron chi connectivity index (χ1n) is 7.63. The van der Waals surface area contributed by atoms with Crippen LogP contribution >= 0.6 is 0 Å². The molecule has 0 unspecified atom stereocenters. The number of pyridine rings is 1. The third-order valence-corrected chi connectivity index (χ3v) is 4.06. The number of rotatable bonds is 5. The Morgan fingerprint density at radius 1 is 1.24 bits per heavy atom. The minimum atomic E-state index is 0.712. The Hall–Kier alpha value is -1.87. The van der Waals surface area contributed by atoms with E-state index in [9.17, 15) is 0 Å². The second-order valence-corrected chi connectivity index (χ2v) is 5.99. The zero-order chi connectivity index (χ0) is 14.8. The van der Waals surface area contributed by atoms with Gasteiger partial charge in [0.15, 0.2) is 0 Å². The van der Waals surface area contributed by atoms with E-state index in [1.807, 2.05) is 12.3 Å². The van der Waals surface area contributed by atoms with Gasteiger partial charge < -0.3 is 10.2 Å². The maximum atomic E-state index is 4.60. The molecule has 1 fully saturated rings. The molecule has 0 amide bonds. The molecule has 2 aromatic rings. The number of anilines is 2. The normalized spacial score (nSPS) is 14.2. The smallest absolute Gasteiger partial charge is 0.137 e. The van der Waals surface area contributed by atoms with Gasteiger partial charge in [0.25, 0.3) is 0 Å². The van der Waals surface area contributed by atoms with Crippen LogP contribution in [-0.2, 0) is 6.54 Å². The fourth-order valence-corrected chi connectivity index (χ4v) is 2.71. The van der Waals surface area contributed by atoms with Gasteiger partial charge in [0.1, 0.15) is 5.82 Å². The van der Waals surface area contributed by atoms with E-state index < -0.39 is 0 Å². The summed E-state index contributed by atoms with van der Waals surface area (Å²) in [5, 5.41) is 3.58. The van der Waals surface area contributed by atoms with Gasteiger partial charge in [-0.2, -0.15) is 0 Å². The van der Waals surface area contributed by atoms with Crippen molar-refractivity contribution in [2.45, 2.75) is 39.3 Å². The molecular weight excluding hydrogens is 258 g/mol. The highest BCUT2D eigenvalue weighted by molar-refractivity contribution is 5.65. The summed E-state index contributed by atoms with van der Waals surface area (Å²) in [5.41, 5.74) is 5.05. The van der Waals surface area contributed by atoms with Gasteiger partial charge in [-0.1, -0.05) is 23.8 Å². The summed E-state index contributed by atoms with van der Waals surface area (Å²) in [5.74, 6) is 1.04. The second kappa shape index (κ2) is 5.86. The van der Waals surface area contributed by atoms with Gasteiger partial charge in [0, 0.05) is 37.1 Å². The monoisotopic (exact) mass is 281 g/mol. The predicted molar refractivity (Wildman–Crippen MR) is 88.1 cm³/mol. The third kappa shape index (κ3) is 3.24. The Kier molecular flexibility index (Phi) is 3.93. The highest BCUT2D eigenvalue weighted by atomic mass is 15.2. The molecule has 1 aromatic carbocycles. The first kappa shape index (κ1) is 14.1. The van der Waals surface area contributed by atoms with Crippen molar-refractivity contribution in [2.75, 3.05) is 11.9 Å². The average molecular weight is 281 g/mol. The highest BCUT2D eigenvalue weighted by Gasteiger charge is 2.21. The lowest BCUT2D eigenvalue weighted by atomic mass is 10.1. The molecule has 1 N–H and O–H groups in total. The molecule has 21 heavy (non-hydrogen) atoms. The molecule has 0 radical (unpaired) electrons. The first-order valence-corrected chi connectivity index (χ1v) is 7.63. The molecule has 1 saturated carbocycles. The van der Waals surface area contributed by atoms with Crippen molar-refractivity contribution in [3.8, 4) is 0 Å². The molecule has 3 nitrogen and oxygen atoms in total. The molecule has 3 heteroatoms. The standard InChI is InChI=1S/C18H23N3/c1-13-6-9-17(14(2)11-13)21(3)18-15(5-4-10-19-18)12-20-16-7-8-16/h4-6,9-11,16,20H,7-8,12H2,1-3H3. The van der Waals surface area contributed by atoms with Crippen LogP contribution < -0.4 is 10.2 Å². The van der Waals surface area contributed by atoms with Crippen molar-refractivity contribution in [1.29, 1.82) is 0 Å². The second-order valence-electron chi connectivity index (χ2n) is 5.99. The van der Waals surface area contributed by atoms with E-state index in [0.29, 0.717) is 6.04 Å². The maximum Gasteiger partial charge on any atom is 0.137 e. The van der Waals surface area contributed by atoms with Crippen molar-refractivity contribution >= 4 is 11.5 Å². The van der Waals surface area contributed by atoms with Crippen LogP contribution in [0.1, 0.15) is 29.5 Å². The number of benzene rings is 1. The lowest BCUT2D eigenvalue weighted by Crippen LogP contribution is -2.20. The number of nitrogens with zero attached hydrogens (tertiary/aromatic N) is 2. The number of nitrogens with one attached hydrogen (secondary N) is 1. The van der Waals surface area contributed by atoms with E-state index in [0.717, 1.165) is 12.4 Å².